The third-order valence-corrected chi connectivity index (χ3v) is 2.82. The van der Waals surface area contributed by atoms with Crippen molar-refractivity contribution in [3.8, 4) is 0 Å². The Labute approximate surface area is 109 Å². The third kappa shape index (κ3) is 2.35. The van der Waals surface area contributed by atoms with E-state index in [4.69, 9.17) is 4.74 Å². The summed E-state index contributed by atoms with van der Waals surface area (Å²) < 4.78 is 32.4. The Morgan fingerprint density at radius 2 is 1.84 bits per heavy atom. The van der Waals surface area contributed by atoms with Crippen molar-refractivity contribution in [2.45, 2.75) is 13.3 Å². The molecular formula is C13H13F2NO3. The van der Waals surface area contributed by atoms with Crippen LogP contribution in [0.4, 0.5) is 14.5 Å². The summed E-state index contributed by atoms with van der Waals surface area (Å²) in [6.45, 7) is 2.63. The van der Waals surface area contributed by atoms with Crippen LogP contribution in [0.2, 0.25) is 0 Å². The summed E-state index contributed by atoms with van der Waals surface area (Å²) in [5.41, 5.74) is -0.768. The molecule has 0 aliphatic carbocycles. The molecule has 0 fully saturated rings. The molecule has 1 aliphatic rings. The van der Waals surface area contributed by atoms with Crippen molar-refractivity contribution in [2.75, 3.05) is 24.7 Å². The van der Waals surface area contributed by atoms with E-state index in [0.29, 0.717) is 6.61 Å². The van der Waals surface area contributed by atoms with E-state index in [-0.39, 0.29) is 18.8 Å². The first-order valence-corrected chi connectivity index (χ1v) is 5.99. The van der Waals surface area contributed by atoms with Crippen LogP contribution < -0.4 is 4.90 Å². The summed E-state index contributed by atoms with van der Waals surface area (Å²) >= 11 is 0. The molecule has 1 aliphatic heterocycles. The van der Waals surface area contributed by atoms with Gasteiger partial charge in [0.05, 0.1) is 17.9 Å². The lowest BCUT2D eigenvalue weighted by Gasteiger charge is -2.16. The molecular weight excluding hydrogens is 256 g/mol. The number of hydrogen-bond acceptors (Lipinski definition) is 3. The van der Waals surface area contributed by atoms with Gasteiger partial charge in [0.15, 0.2) is 0 Å². The number of fused-ring (bicyclic) bond motifs is 1. The van der Waals surface area contributed by atoms with E-state index in [2.05, 4.69) is 0 Å². The van der Waals surface area contributed by atoms with Crippen LogP contribution in [0.3, 0.4) is 0 Å². The molecule has 102 valence electrons. The summed E-state index contributed by atoms with van der Waals surface area (Å²) in [4.78, 5) is 24.3. The summed E-state index contributed by atoms with van der Waals surface area (Å²) in [6.07, 6.45) is 0.812. The number of ketones is 1. The lowest BCUT2D eigenvalue weighted by molar-refractivity contribution is -0.114. The number of Topliss-reactive ketones (excluding diaryl/α,β-unsaturated/α-hetero) is 1. The highest BCUT2D eigenvalue weighted by Gasteiger charge is 2.40. The molecule has 4 nitrogen and oxygen atoms in total. The second-order valence-corrected chi connectivity index (χ2v) is 4.15. The molecule has 0 saturated heterocycles. The maximum Gasteiger partial charge on any atom is 0.299 e. The van der Waals surface area contributed by atoms with Crippen LogP contribution in [0, 0.1) is 11.6 Å². The number of benzene rings is 1. The highest BCUT2D eigenvalue weighted by Crippen LogP contribution is 2.33. The molecule has 0 atom stereocenters. The minimum atomic E-state index is -1.01. The Kier molecular flexibility index (Phi) is 3.90. The highest BCUT2D eigenvalue weighted by molar-refractivity contribution is 6.52. The van der Waals surface area contributed by atoms with E-state index < -0.39 is 28.9 Å². The van der Waals surface area contributed by atoms with E-state index in [0.717, 1.165) is 23.5 Å². The zero-order valence-electron chi connectivity index (χ0n) is 10.4. The van der Waals surface area contributed by atoms with Gasteiger partial charge in [-0.2, -0.15) is 0 Å². The van der Waals surface area contributed by atoms with Crippen LogP contribution in [0.5, 0.6) is 0 Å². The second kappa shape index (κ2) is 5.44. The van der Waals surface area contributed by atoms with Gasteiger partial charge in [-0.25, -0.2) is 8.78 Å². The van der Waals surface area contributed by atoms with Gasteiger partial charge in [-0.3, -0.25) is 14.5 Å². The monoisotopic (exact) mass is 269 g/mol. The molecule has 0 N–H and O–H groups in total. The summed E-state index contributed by atoms with van der Waals surface area (Å²) in [6, 6.07) is 1.75. The second-order valence-electron chi connectivity index (χ2n) is 4.15. The van der Waals surface area contributed by atoms with Gasteiger partial charge in [0.2, 0.25) is 0 Å². The average Bonchev–Trinajstić information content (AvgIpc) is 2.65. The first kappa shape index (κ1) is 13.6. The topological polar surface area (TPSA) is 46.6 Å². The van der Waals surface area contributed by atoms with Crippen LogP contribution in [-0.4, -0.2) is 31.4 Å². The summed E-state index contributed by atoms with van der Waals surface area (Å²) in [5, 5.41) is 0. The Balaban J connectivity index is 2.26. The molecule has 6 heteroatoms. The molecule has 1 amide bonds. The van der Waals surface area contributed by atoms with Gasteiger partial charge in [0.1, 0.15) is 11.6 Å². The van der Waals surface area contributed by atoms with Crippen LogP contribution in [0.25, 0.3) is 0 Å². The maximum absolute atomic E-state index is 13.7. The number of carbonyl (C=O) groups excluding carboxylic acids is 2. The average molecular weight is 269 g/mol. The Morgan fingerprint density at radius 1 is 1.16 bits per heavy atom. The molecule has 0 spiro atoms. The van der Waals surface area contributed by atoms with Crippen molar-refractivity contribution < 1.29 is 23.1 Å². The van der Waals surface area contributed by atoms with Crippen LogP contribution in [0.1, 0.15) is 23.7 Å². The van der Waals surface area contributed by atoms with Crippen molar-refractivity contribution in [1.29, 1.82) is 0 Å². The lowest BCUT2D eigenvalue weighted by Crippen LogP contribution is -2.33. The fraction of sp³-hybridized carbons (Fsp3) is 0.385. The molecule has 0 unspecified atom stereocenters. The lowest BCUT2D eigenvalue weighted by atomic mass is 10.1. The number of carbonyl (C=O) groups is 2. The standard InChI is InChI=1S/C13H13F2NO3/c1-2-6-19-7-5-16-11-9(15)4-3-8(14)10(11)12(17)13(16)18/h3-4H,2,5-7H2,1H3. The molecule has 1 aromatic rings. The Hall–Kier alpha value is -1.82. The van der Waals surface area contributed by atoms with Crippen molar-refractivity contribution in [3.05, 3.63) is 29.3 Å². The van der Waals surface area contributed by atoms with E-state index in [9.17, 15) is 18.4 Å². The quantitative estimate of drug-likeness (QED) is 0.606. The van der Waals surface area contributed by atoms with Gasteiger partial charge in [-0.05, 0) is 18.6 Å². The van der Waals surface area contributed by atoms with Crippen molar-refractivity contribution in [3.63, 3.8) is 0 Å². The van der Waals surface area contributed by atoms with E-state index in [1.165, 1.54) is 0 Å². The highest BCUT2D eigenvalue weighted by atomic mass is 19.1. The van der Waals surface area contributed by atoms with Crippen LogP contribution in [-0.2, 0) is 9.53 Å². The molecule has 1 heterocycles. The van der Waals surface area contributed by atoms with Gasteiger partial charge in [-0.1, -0.05) is 6.92 Å². The zero-order chi connectivity index (χ0) is 14.0. The Bertz CT molecular complexity index is 531. The third-order valence-electron chi connectivity index (χ3n) is 2.82. The van der Waals surface area contributed by atoms with E-state index in [1.807, 2.05) is 6.92 Å². The molecule has 1 aromatic carbocycles. The number of hydrogen-bond donors (Lipinski definition) is 0. The molecule has 0 saturated carbocycles. The largest absolute Gasteiger partial charge is 0.380 e. The number of ether oxygens (including phenoxy) is 1. The maximum atomic E-state index is 13.7. The molecule has 0 aromatic heterocycles. The summed E-state index contributed by atoms with van der Waals surface area (Å²) in [5.74, 6) is -3.60. The van der Waals surface area contributed by atoms with E-state index in [1.54, 1.807) is 0 Å². The van der Waals surface area contributed by atoms with E-state index >= 15 is 0 Å². The van der Waals surface area contributed by atoms with Gasteiger partial charge in [0, 0.05) is 13.2 Å². The smallest absolute Gasteiger partial charge is 0.299 e. The predicted molar refractivity (Wildman–Crippen MR) is 64.2 cm³/mol. The Morgan fingerprint density at radius 3 is 2.53 bits per heavy atom. The SMILES string of the molecule is CCCOCCN1C(=O)C(=O)c2c(F)ccc(F)c21. The fourth-order valence-corrected chi connectivity index (χ4v) is 1.97. The molecule has 2 rings (SSSR count). The first-order chi connectivity index (χ1) is 9.07. The number of rotatable bonds is 5. The zero-order valence-corrected chi connectivity index (χ0v) is 10.4. The van der Waals surface area contributed by atoms with Gasteiger partial charge in [-0.15, -0.1) is 0 Å². The predicted octanol–water partition coefficient (Wildman–Crippen LogP) is 1.92. The molecule has 0 radical (unpaired) electrons. The van der Waals surface area contributed by atoms with Crippen molar-refractivity contribution in [1.82, 2.24) is 0 Å². The number of anilines is 1. The van der Waals surface area contributed by atoms with Gasteiger partial charge < -0.3 is 4.74 Å². The van der Waals surface area contributed by atoms with Crippen LogP contribution >= 0.6 is 0 Å². The fourth-order valence-electron chi connectivity index (χ4n) is 1.97. The first-order valence-electron chi connectivity index (χ1n) is 5.99. The van der Waals surface area contributed by atoms with Gasteiger partial charge in [0.25, 0.3) is 11.7 Å². The number of halogens is 2. The molecule has 19 heavy (non-hydrogen) atoms. The minimum Gasteiger partial charge on any atom is -0.380 e. The van der Waals surface area contributed by atoms with Crippen molar-refractivity contribution in [2.24, 2.45) is 0 Å². The van der Waals surface area contributed by atoms with Crippen molar-refractivity contribution >= 4 is 17.4 Å². The van der Waals surface area contributed by atoms with Crippen LogP contribution in [0.15, 0.2) is 12.1 Å². The molecule has 0 bridgehead atoms. The number of nitrogens with zero attached hydrogens (tertiary/aromatic N) is 1. The number of amides is 1. The minimum absolute atomic E-state index is 0.0257. The normalized spacial score (nSPS) is 14.2. The summed E-state index contributed by atoms with van der Waals surface area (Å²) in [7, 11) is 0. The van der Waals surface area contributed by atoms with Gasteiger partial charge >= 0.3 is 0 Å².